The molecule has 0 aromatic heterocycles. The lowest BCUT2D eigenvalue weighted by molar-refractivity contribution is -0.141. The lowest BCUT2D eigenvalue weighted by Gasteiger charge is -2.15. The number of carboxylic acid groups (broad SMARTS) is 1. The van der Waals surface area contributed by atoms with Gasteiger partial charge in [-0.2, -0.15) is 0 Å². The van der Waals surface area contributed by atoms with Gasteiger partial charge in [0.1, 0.15) is 6.04 Å². The summed E-state index contributed by atoms with van der Waals surface area (Å²) in [5.74, 6) is -1.30. The number of aliphatic hydroxyl groups excluding tert-OH is 1. The van der Waals surface area contributed by atoms with Crippen LogP contribution in [0.2, 0.25) is 0 Å². The molecule has 0 spiro atoms. The van der Waals surface area contributed by atoms with Crippen molar-refractivity contribution in [1.82, 2.24) is 5.32 Å². The van der Waals surface area contributed by atoms with Crippen molar-refractivity contribution in [2.24, 2.45) is 0 Å². The van der Waals surface area contributed by atoms with Crippen molar-refractivity contribution in [1.29, 1.82) is 0 Å². The molecule has 0 heterocycles. The number of hydrogen-bond donors (Lipinski definition) is 3. The van der Waals surface area contributed by atoms with Crippen LogP contribution in [0.25, 0.3) is 10.8 Å². The number of carbonyl (C=O) groups is 2. The monoisotopic (exact) mass is 329 g/mol. The molecular formula is C19H23NO4. The van der Waals surface area contributed by atoms with Crippen LogP contribution in [0.3, 0.4) is 0 Å². The fraction of sp³-hybridized carbons (Fsp3) is 0.368. The van der Waals surface area contributed by atoms with Crippen LogP contribution in [0.1, 0.15) is 31.2 Å². The Morgan fingerprint density at radius 1 is 1.00 bits per heavy atom. The van der Waals surface area contributed by atoms with Gasteiger partial charge in [-0.15, -0.1) is 0 Å². The average molecular weight is 329 g/mol. The number of amides is 1. The highest BCUT2D eigenvalue weighted by molar-refractivity contribution is 5.85. The van der Waals surface area contributed by atoms with Crippen LogP contribution in [0, 0.1) is 0 Å². The fourth-order valence-electron chi connectivity index (χ4n) is 2.64. The van der Waals surface area contributed by atoms with Gasteiger partial charge < -0.3 is 15.5 Å². The molecule has 5 nitrogen and oxygen atoms in total. The zero-order chi connectivity index (χ0) is 17.4. The first-order valence-electron chi connectivity index (χ1n) is 8.21. The second-order valence-corrected chi connectivity index (χ2v) is 5.88. The van der Waals surface area contributed by atoms with E-state index in [0.29, 0.717) is 12.8 Å². The minimum Gasteiger partial charge on any atom is -0.480 e. The van der Waals surface area contributed by atoms with Crippen LogP contribution in [0.4, 0.5) is 0 Å². The number of carboxylic acids is 1. The van der Waals surface area contributed by atoms with Crippen LogP contribution in [-0.2, 0) is 16.0 Å². The van der Waals surface area contributed by atoms with E-state index in [1.807, 2.05) is 42.5 Å². The number of carbonyl (C=O) groups excluding carboxylic acids is 1. The number of aliphatic carboxylic acids is 1. The Kier molecular flexibility index (Phi) is 6.75. The van der Waals surface area contributed by atoms with Gasteiger partial charge >= 0.3 is 5.97 Å². The summed E-state index contributed by atoms with van der Waals surface area (Å²) in [5, 5.41) is 22.8. The largest absolute Gasteiger partial charge is 0.480 e. The van der Waals surface area contributed by atoms with Gasteiger partial charge in [0, 0.05) is 19.4 Å². The van der Waals surface area contributed by atoms with Crippen molar-refractivity contribution >= 4 is 22.6 Å². The highest BCUT2D eigenvalue weighted by atomic mass is 16.4. The average Bonchev–Trinajstić information content (AvgIpc) is 2.58. The first-order valence-corrected chi connectivity index (χ1v) is 8.21. The van der Waals surface area contributed by atoms with Crippen molar-refractivity contribution in [3.8, 4) is 0 Å². The van der Waals surface area contributed by atoms with Crippen LogP contribution in [-0.4, -0.2) is 34.7 Å². The molecule has 128 valence electrons. The molecule has 1 amide bonds. The zero-order valence-corrected chi connectivity index (χ0v) is 13.6. The molecule has 3 N–H and O–H groups in total. The van der Waals surface area contributed by atoms with Gasteiger partial charge in [0.15, 0.2) is 0 Å². The van der Waals surface area contributed by atoms with Gasteiger partial charge in [-0.1, -0.05) is 48.9 Å². The molecule has 2 aromatic rings. The van der Waals surface area contributed by atoms with Crippen LogP contribution in [0.15, 0.2) is 42.5 Å². The number of fused-ring (bicyclic) bond motifs is 1. The summed E-state index contributed by atoms with van der Waals surface area (Å²) in [7, 11) is 0. The normalized spacial score (nSPS) is 12.0. The van der Waals surface area contributed by atoms with E-state index in [9.17, 15) is 14.7 Å². The number of benzene rings is 2. The van der Waals surface area contributed by atoms with Crippen LogP contribution < -0.4 is 5.32 Å². The molecule has 1 unspecified atom stereocenters. The van der Waals surface area contributed by atoms with Crippen LogP contribution >= 0.6 is 0 Å². The highest BCUT2D eigenvalue weighted by Crippen LogP contribution is 2.17. The van der Waals surface area contributed by atoms with Crippen LogP contribution in [0.5, 0.6) is 0 Å². The number of rotatable bonds is 9. The van der Waals surface area contributed by atoms with E-state index >= 15 is 0 Å². The molecule has 0 saturated heterocycles. The summed E-state index contributed by atoms with van der Waals surface area (Å²) in [6.45, 7) is 0.112. The minimum absolute atomic E-state index is 0.112. The van der Waals surface area contributed by atoms with E-state index in [-0.39, 0.29) is 25.4 Å². The number of nitrogens with one attached hydrogen (secondary N) is 1. The van der Waals surface area contributed by atoms with E-state index in [1.54, 1.807) is 0 Å². The number of unbranched alkanes of at least 4 members (excludes halogenated alkanes) is 2. The van der Waals surface area contributed by atoms with E-state index in [4.69, 9.17) is 5.11 Å². The molecule has 0 aliphatic carbocycles. The van der Waals surface area contributed by atoms with Crippen molar-refractivity contribution < 1.29 is 19.8 Å². The maximum Gasteiger partial charge on any atom is 0.326 e. The fourth-order valence-corrected chi connectivity index (χ4v) is 2.64. The molecular weight excluding hydrogens is 306 g/mol. The summed E-state index contributed by atoms with van der Waals surface area (Å²) in [6, 6.07) is 12.8. The Balaban J connectivity index is 1.96. The highest BCUT2D eigenvalue weighted by Gasteiger charge is 2.20. The summed E-state index contributed by atoms with van der Waals surface area (Å²) < 4.78 is 0. The van der Waals surface area contributed by atoms with Crippen molar-refractivity contribution in [2.75, 3.05) is 6.61 Å². The Labute approximate surface area is 141 Å². The molecule has 0 fully saturated rings. The molecule has 0 saturated carbocycles. The van der Waals surface area contributed by atoms with Gasteiger partial charge in [0.05, 0.1) is 0 Å². The van der Waals surface area contributed by atoms with Gasteiger partial charge in [-0.25, -0.2) is 4.79 Å². The molecule has 5 heteroatoms. The standard InChI is InChI=1S/C19H23NO4/c21-11-5-1-2-8-18(22)20-17(19(23)24)13-14-9-10-15-6-3-4-7-16(15)12-14/h3-4,6-7,9-10,12,17,21H,1-2,5,8,11,13H2,(H,20,22)(H,23,24). The maximum atomic E-state index is 11.9. The first-order chi connectivity index (χ1) is 11.6. The van der Waals surface area contributed by atoms with E-state index in [1.165, 1.54) is 0 Å². The summed E-state index contributed by atoms with van der Waals surface area (Å²) in [5.41, 5.74) is 0.877. The lowest BCUT2D eigenvalue weighted by atomic mass is 10.0. The smallest absolute Gasteiger partial charge is 0.326 e. The third-order valence-corrected chi connectivity index (χ3v) is 3.95. The minimum atomic E-state index is -1.04. The molecule has 0 radical (unpaired) electrons. The number of hydrogen-bond acceptors (Lipinski definition) is 3. The quantitative estimate of drug-likeness (QED) is 0.617. The molecule has 24 heavy (non-hydrogen) atoms. The number of aliphatic hydroxyl groups is 1. The Bertz CT molecular complexity index is 699. The second kappa shape index (κ2) is 9.03. The predicted octanol–water partition coefficient (Wildman–Crippen LogP) is 2.50. The third kappa shape index (κ3) is 5.35. The van der Waals surface area contributed by atoms with Gasteiger partial charge in [0.2, 0.25) is 5.91 Å². The van der Waals surface area contributed by atoms with E-state index < -0.39 is 12.0 Å². The molecule has 2 aromatic carbocycles. The summed E-state index contributed by atoms with van der Waals surface area (Å²) >= 11 is 0. The predicted molar refractivity (Wildman–Crippen MR) is 92.8 cm³/mol. The van der Waals surface area contributed by atoms with Gasteiger partial charge in [-0.05, 0) is 29.2 Å². The Morgan fingerprint density at radius 3 is 2.46 bits per heavy atom. The van der Waals surface area contributed by atoms with Crippen molar-refractivity contribution in [2.45, 2.75) is 38.1 Å². The van der Waals surface area contributed by atoms with E-state index in [2.05, 4.69) is 5.32 Å². The van der Waals surface area contributed by atoms with Gasteiger partial charge in [0.25, 0.3) is 0 Å². The van der Waals surface area contributed by atoms with Gasteiger partial charge in [-0.3, -0.25) is 4.79 Å². The zero-order valence-electron chi connectivity index (χ0n) is 13.6. The first kappa shape index (κ1) is 17.9. The summed E-state index contributed by atoms with van der Waals surface area (Å²) in [4.78, 5) is 23.3. The molecule has 0 aliphatic heterocycles. The van der Waals surface area contributed by atoms with Crippen molar-refractivity contribution in [3.05, 3.63) is 48.0 Å². The Hall–Kier alpha value is -2.40. The maximum absolute atomic E-state index is 11.9. The lowest BCUT2D eigenvalue weighted by Crippen LogP contribution is -2.42. The third-order valence-electron chi connectivity index (χ3n) is 3.95. The SMILES string of the molecule is O=C(CCCCCO)NC(Cc1ccc2ccccc2c1)C(=O)O. The second-order valence-electron chi connectivity index (χ2n) is 5.88. The topological polar surface area (TPSA) is 86.6 Å². The Morgan fingerprint density at radius 2 is 1.75 bits per heavy atom. The molecule has 1 atom stereocenters. The summed E-state index contributed by atoms with van der Waals surface area (Å²) in [6.07, 6.45) is 2.60. The van der Waals surface area contributed by atoms with E-state index in [0.717, 1.165) is 22.8 Å². The molecule has 2 rings (SSSR count). The molecule has 0 aliphatic rings. The van der Waals surface area contributed by atoms with Crippen molar-refractivity contribution in [3.63, 3.8) is 0 Å². The molecule has 0 bridgehead atoms.